The van der Waals surface area contributed by atoms with Crippen LogP contribution in [0.15, 0.2) is 47.4 Å². The number of H-pyrrole nitrogens is 1. The summed E-state index contributed by atoms with van der Waals surface area (Å²) < 4.78 is 50.9. The summed E-state index contributed by atoms with van der Waals surface area (Å²) in [5.74, 6) is -2.74. The average Bonchev–Trinajstić information content (AvgIpc) is 2.61. The van der Waals surface area contributed by atoms with Crippen molar-refractivity contribution >= 4 is 0 Å². The largest absolute Gasteiger partial charge is 0.474 e. The van der Waals surface area contributed by atoms with Crippen molar-refractivity contribution in [1.82, 2.24) is 9.97 Å². The van der Waals surface area contributed by atoms with Gasteiger partial charge in [0.1, 0.15) is 12.4 Å². The summed E-state index contributed by atoms with van der Waals surface area (Å²) in [5.41, 5.74) is 0.563. The van der Waals surface area contributed by atoms with E-state index in [4.69, 9.17) is 9.47 Å². The molecule has 0 spiro atoms. The number of hydrogen-bond acceptors (Lipinski definition) is 4. The van der Waals surface area contributed by atoms with E-state index in [9.17, 15) is 18.0 Å². The summed E-state index contributed by atoms with van der Waals surface area (Å²) in [6.07, 6.45) is 1.37. The molecule has 0 aliphatic heterocycles. The van der Waals surface area contributed by atoms with E-state index >= 15 is 0 Å². The van der Waals surface area contributed by atoms with Gasteiger partial charge in [-0.25, -0.2) is 22.9 Å². The molecule has 0 atom stereocenters. The van der Waals surface area contributed by atoms with Crippen LogP contribution in [0.2, 0.25) is 0 Å². The summed E-state index contributed by atoms with van der Waals surface area (Å²) in [5, 5.41) is 0. The fraction of sp³-hybridized carbons (Fsp3) is 0.111. The van der Waals surface area contributed by atoms with Crippen LogP contribution in [0.5, 0.6) is 17.4 Å². The normalized spacial score (nSPS) is 10.6. The van der Waals surface area contributed by atoms with Gasteiger partial charge in [0.25, 0.3) is 0 Å². The van der Waals surface area contributed by atoms with Gasteiger partial charge in [-0.1, -0.05) is 6.07 Å². The SMILES string of the molecule is Cc1cnc(=O)[nH]c1OCc1ccc(Oc2ccc(F)c(F)c2)c(F)c1. The van der Waals surface area contributed by atoms with Crippen molar-refractivity contribution in [2.45, 2.75) is 13.5 Å². The van der Waals surface area contributed by atoms with Crippen molar-refractivity contribution in [3.8, 4) is 17.4 Å². The van der Waals surface area contributed by atoms with E-state index in [2.05, 4.69) is 9.97 Å². The van der Waals surface area contributed by atoms with Crippen LogP contribution in [0, 0.1) is 24.4 Å². The minimum atomic E-state index is -1.09. The lowest BCUT2D eigenvalue weighted by molar-refractivity contribution is 0.289. The number of ether oxygens (including phenoxy) is 2. The van der Waals surface area contributed by atoms with E-state index in [-0.39, 0.29) is 24.0 Å². The van der Waals surface area contributed by atoms with E-state index in [0.717, 1.165) is 12.1 Å². The summed E-state index contributed by atoms with van der Waals surface area (Å²) in [4.78, 5) is 17.2. The predicted octanol–water partition coefficient (Wildman–Crippen LogP) is 3.87. The van der Waals surface area contributed by atoms with Gasteiger partial charge in [0.2, 0.25) is 0 Å². The molecule has 3 aromatic rings. The van der Waals surface area contributed by atoms with Gasteiger partial charge in [0, 0.05) is 17.8 Å². The van der Waals surface area contributed by atoms with E-state index in [0.29, 0.717) is 11.1 Å². The molecule has 0 fully saturated rings. The molecule has 134 valence electrons. The molecule has 5 nitrogen and oxygen atoms in total. The van der Waals surface area contributed by atoms with Crippen molar-refractivity contribution in [3.63, 3.8) is 0 Å². The van der Waals surface area contributed by atoms with E-state index in [1.165, 1.54) is 24.4 Å². The molecule has 2 aromatic carbocycles. The number of nitrogens with zero attached hydrogens (tertiary/aromatic N) is 1. The summed E-state index contributed by atoms with van der Waals surface area (Å²) >= 11 is 0. The van der Waals surface area contributed by atoms with E-state index in [1.807, 2.05) is 0 Å². The number of aryl methyl sites for hydroxylation is 1. The number of aromatic amines is 1. The molecular weight excluding hydrogens is 349 g/mol. The third kappa shape index (κ3) is 4.02. The first-order valence-electron chi connectivity index (χ1n) is 7.52. The molecule has 26 heavy (non-hydrogen) atoms. The van der Waals surface area contributed by atoms with E-state index < -0.39 is 23.1 Å². The van der Waals surface area contributed by atoms with Gasteiger partial charge < -0.3 is 9.47 Å². The molecule has 0 amide bonds. The Morgan fingerprint density at radius 3 is 2.58 bits per heavy atom. The molecule has 0 aliphatic rings. The summed E-state index contributed by atoms with van der Waals surface area (Å²) in [6, 6.07) is 6.99. The van der Waals surface area contributed by atoms with Crippen molar-refractivity contribution < 1.29 is 22.6 Å². The highest BCUT2D eigenvalue weighted by atomic mass is 19.2. The monoisotopic (exact) mass is 362 g/mol. The van der Waals surface area contributed by atoms with Gasteiger partial charge >= 0.3 is 5.69 Å². The highest BCUT2D eigenvalue weighted by molar-refractivity contribution is 5.35. The lowest BCUT2D eigenvalue weighted by Crippen LogP contribution is -2.12. The molecule has 0 saturated heterocycles. The Hall–Kier alpha value is -3.29. The fourth-order valence-corrected chi connectivity index (χ4v) is 2.13. The highest BCUT2D eigenvalue weighted by Gasteiger charge is 2.10. The Kier molecular flexibility index (Phi) is 4.92. The van der Waals surface area contributed by atoms with Gasteiger partial charge in [-0.3, -0.25) is 4.98 Å². The van der Waals surface area contributed by atoms with Gasteiger partial charge in [-0.15, -0.1) is 0 Å². The summed E-state index contributed by atoms with van der Waals surface area (Å²) in [6.45, 7) is 1.71. The van der Waals surface area contributed by atoms with Crippen molar-refractivity contribution in [2.75, 3.05) is 0 Å². The minimum Gasteiger partial charge on any atom is -0.474 e. The molecule has 3 rings (SSSR count). The first kappa shape index (κ1) is 17.5. The zero-order valence-corrected chi connectivity index (χ0v) is 13.6. The maximum absolute atomic E-state index is 14.2. The van der Waals surface area contributed by atoms with Crippen LogP contribution >= 0.6 is 0 Å². The van der Waals surface area contributed by atoms with Gasteiger partial charge in [-0.05, 0) is 36.8 Å². The van der Waals surface area contributed by atoms with E-state index in [1.54, 1.807) is 13.0 Å². The van der Waals surface area contributed by atoms with Gasteiger partial charge in [0.15, 0.2) is 29.1 Å². The standard InChI is InChI=1S/C18H13F3N2O3/c1-10-8-22-18(24)23-17(10)25-9-11-2-5-16(15(21)6-11)26-12-3-4-13(19)14(20)7-12/h2-8H,9H2,1H3,(H,22,23,24). The van der Waals surface area contributed by atoms with Crippen LogP contribution in [0.4, 0.5) is 13.2 Å². The van der Waals surface area contributed by atoms with Crippen LogP contribution < -0.4 is 15.2 Å². The zero-order valence-electron chi connectivity index (χ0n) is 13.6. The molecular formula is C18H13F3N2O3. The molecule has 1 N–H and O–H groups in total. The van der Waals surface area contributed by atoms with Crippen molar-refractivity contribution in [3.05, 3.63) is 81.7 Å². The molecule has 8 heteroatoms. The molecule has 0 bridgehead atoms. The van der Waals surface area contributed by atoms with Crippen LogP contribution in [-0.4, -0.2) is 9.97 Å². The highest BCUT2D eigenvalue weighted by Crippen LogP contribution is 2.26. The molecule has 1 aromatic heterocycles. The molecule has 0 radical (unpaired) electrons. The fourth-order valence-electron chi connectivity index (χ4n) is 2.13. The van der Waals surface area contributed by atoms with Crippen molar-refractivity contribution in [1.29, 1.82) is 0 Å². The Balaban J connectivity index is 1.71. The van der Waals surface area contributed by atoms with Crippen LogP contribution in [0.1, 0.15) is 11.1 Å². The minimum absolute atomic E-state index is 0.00314. The van der Waals surface area contributed by atoms with Crippen molar-refractivity contribution in [2.24, 2.45) is 0 Å². The van der Waals surface area contributed by atoms with Gasteiger partial charge in [-0.2, -0.15) is 0 Å². The van der Waals surface area contributed by atoms with Crippen LogP contribution in [-0.2, 0) is 6.61 Å². The quantitative estimate of drug-likeness (QED) is 0.748. The molecule has 1 heterocycles. The lowest BCUT2D eigenvalue weighted by atomic mass is 10.2. The molecule has 0 aliphatic carbocycles. The Morgan fingerprint density at radius 2 is 1.85 bits per heavy atom. The lowest BCUT2D eigenvalue weighted by Gasteiger charge is -2.10. The third-order valence-corrected chi connectivity index (χ3v) is 3.45. The zero-order chi connectivity index (χ0) is 18.7. The average molecular weight is 362 g/mol. The first-order chi connectivity index (χ1) is 12.4. The number of hydrogen-bond donors (Lipinski definition) is 1. The maximum Gasteiger partial charge on any atom is 0.347 e. The second-order valence-corrected chi connectivity index (χ2v) is 5.43. The first-order valence-corrected chi connectivity index (χ1v) is 7.52. The number of rotatable bonds is 5. The second-order valence-electron chi connectivity index (χ2n) is 5.43. The molecule has 0 saturated carbocycles. The Labute approximate surface area is 146 Å². The molecule has 0 unspecified atom stereocenters. The smallest absolute Gasteiger partial charge is 0.347 e. The number of aromatic nitrogens is 2. The number of halogens is 3. The predicted molar refractivity (Wildman–Crippen MR) is 86.8 cm³/mol. The van der Waals surface area contributed by atoms with Crippen LogP contribution in [0.3, 0.4) is 0 Å². The van der Waals surface area contributed by atoms with Gasteiger partial charge in [0.05, 0.1) is 0 Å². The number of nitrogens with one attached hydrogen (secondary N) is 1. The second kappa shape index (κ2) is 7.30. The Bertz CT molecular complexity index is 1010. The topological polar surface area (TPSA) is 64.2 Å². The Morgan fingerprint density at radius 1 is 1.04 bits per heavy atom. The third-order valence-electron chi connectivity index (χ3n) is 3.45. The summed E-state index contributed by atoms with van der Waals surface area (Å²) in [7, 11) is 0. The number of benzene rings is 2. The van der Waals surface area contributed by atoms with Crippen LogP contribution in [0.25, 0.3) is 0 Å². The maximum atomic E-state index is 14.2.